The molecule has 0 aromatic heterocycles. The van der Waals surface area contributed by atoms with E-state index in [4.69, 9.17) is 9.47 Å². The van der Waals surface area contributed by atoms with Crippen LogP contribution in [0.2, 0.25) is 0 Å². The number of rotatable bonds is 5. The second kappa shape index (κ2) is 5.80. The minimum Gasteiger partial charge on any atom is -0.465 e. The van der Waals surface area contributed by atoms with Gasteiger partial charge in [-0.15, -0.1) is 0 Å². The summed E-state index contributed by atoms with van der Waals surface area (Å²) >= 11 is 0. The lowest BCUT2D eigenvalue weighted by Crippen LogP contribution is -2.45. The smallest absolute Gasteiger partial charge is 0.324 e. The van der Waals surface area contributed by atoms with Crippen LogP contribution in [0.4, 0.5) is 0 Å². The van der Waals surface area contributed by atoms with Gasteiger partial charge in [-0.05, 0) is 26.7 Å². The average molecular weight is 242 g/mol. The van der Waals surface area contributed by atoms with Crippen LogP contribution in [0.5, 0.6) is 0 Å². The van der Waals surface area contributed by atoms with Gasteiger partial charge >= 0.3 is 11.9 Å². The van der Waals surface area contributed by atoms with Crippen molar-refractivity contribution in [2.75, 3.05) is 13.2 Å². The van der Waals surface area contributed by atoms with Crippen molar-refractivity contribution in [1.82, 2.24) is 0 Å². The van der Waals surface area contributed by atoms with Crippen LogP contribution in [0.15, 0.2) is 0 Å². The van der Waals surface area contributed by atoms with Crippen LogP contribution < -0.4 is 0 Å². The van der Waals surface area contributed by atoms with Gasteiger partial charge in [0.2, 0.25) is 0 Å². The fraction of sp³-hybridized carbons (Fsp3) is 0.750. The summed E-state index contributed by atoms with van der Waals surface area (Å²) in [7, 11) is 0. The van der Waals surface area contributed by atoms with E-state index in [2.05, 4.69) is 0 Å². The molecule has 96 valence electrons. The van der Waals surface area contributed by atoms with Crippen molar-refractivity contribution in [3.8, 4) is 0 Å². The van der Waals surface area contributed by atoms with Crippen molar-refractivity contribution in [3.05, 3.63) is 0 Å². The maximum absolute atomic E-state index is 12.0. The molecule has 1 rings (SSSR count). The molecule has 1 fully saturated rings. The largest absolute Gasteiger partial charge is 0.465 e. The molecule has 1 atom stereocenters. The van der Waals surface area contributed by atoms with Crippen molar-refractivity contribution in [3.63, 3.8) is 0 Å². The summed E-state index contributed by atoms with van der Waals surface area (Å²) in [6, 6.07) is 0. The maximum Gasteiger partial charge on any atom is 0.324 e. The second-order valence-corrected chi connectivity index (χ2v) is 4.05. The molecule has 1 aliphatic rings. The molecule has 0 aromatic rings. The number of carbonyl (C=O) groups is 3. The molecule has 0 N–H and O–H groups in total. The predicted molar refractivity (Wildman–Crippen MR) is 59.1 cm³/mol. The van der Waals surface area contributed by atoms with Crippen molar-refractivity contribution >= 4 is 18.2 Å². The molecular formula is C12H18O5. The molecule has 0 aromatic carbocycles. The average Bonchev–Trinajstić information content (AvgIpc) is 2.74. The van der Waals surface area contributed by atoms with Crippen molar-refractivity contribution in [2.24, 2.45) is 11.3 Å². The predicted octanol–water partition coefficient (Wildman–Crippen LogP) is 1.10. The fourth-order valence-electron chi connectivity index (χ4n) is 2.33. The minimum atomic E-state index is -1.41. The van der Waals surface area contributed by atoms with Gasteiger partial charge in [-0.2, -0.15) is 0 Å². The fourth-order valence-corrected chi connectivity index (χ4v) is 2.33. The monoisotopic (exact) mass is 242 g/mol. The zero-order valence-corrected chi connectivity index (χ0v) is 10.2. The minimum absolute atomic E-state index is 0.186. The Bertz CT molecular complexity index is 292. The van der Waals surface area contributed by atoms with Crippen LogP contribution in [0.3, 0.4) is 0 Å². The van der Waals surface area contributed by atoms with E-state index in [1.165, 1.54) is 0 Å². The van der Waals surface area contributed by atoms with E-state index >= 15 is 0 Å². The Morgan fingerprint density at radius 3 is 2.18 bits per heavy atom. The summed E-state index contributed by atoms with van der Waals surface area (Å²) in [5.41, 5.74) is -1.41. The number of hydrogen-bond acceptors (Lipinski definition) is 5. The highest BCUT2D eigenvalue weighted by Crippen LogP contribution is 2.44. The van der Waals surface area contributed by atoms with E-state index in [-0.39, 0.29) is 13.2 Å². The molecule has 0 heterocycles. The molecule has 17 heavy (non-hydrogen) atoms. The van der Waals surface area contributed by atoms with Gasteiger partial charge in [0.05, 0.1) is 13.2 Å². The van der Waals surface area contributed by atoms with Gasteiger partial charge in [-0.1, -0.05) is 6.42 Å². The summed E-state index contributed by atoms with van der Waals surface area (Å²) in [5, 5.41) is 0. The Labute approximate surface area is 100 Å². The Kier molecular flexibility index (Phi) is 4.66. The first-order valence-electron chi connectivity index (χ1n) is 5.93. The lowest BCUT2D eigenvalue weighted by atomic mass is 9.78. The zero-order chi connectivity index (χ0) is 12.9. The lowest BCUT2D eigenvalue weighted by Gasteiger charge is -2.27. The van der Waals surface area contributed by atoms with Gasteiger partial charge in [-0.25, -0.2) is 0 Å². The molecule has 0 radical (unpaired) electrons. The van der Waals surface area contributed by atoms with Gasteiger partial charge in [-0.3, -0.25) is 9.59 Å². The van der Waals surface area contributed by atoms with Crippen LogP contribution >= 0.6 is 0 Å². The second-order valence-electron chi connectivity index (χ2n) is 4.05. The standard InChI is InChI=1S/C12H18O5/c1-3-16-10(14)12(11(15)17-4-2)7-5-6-9(12)8-13/h8-9H,3-7H2,1-2H3/t9-/m0/s1. The number of esters is 2. The number of carbonyl (C=O) groups excluding carboxylic acids is 3. The van der Waals surface area contributed by atoms with Gasteiger partial charge in [0, 0.05) is 5.92 Å². The SMILES string of the molecule is CCOC(=O)C1(C(=O)OCC)CCC[C@H]1C=O. The van der Waals surface area contributed by atoms with Crippen LogP contribution in [-0.2, 0) is 23.9 Å². The third-order valence-corrected chi connectivity index (χ3v) is 3.16. The van der Waals surface area contributed by atoms with Crippen LogP contribution in [0.1, 0.15) is 33.1 Å². The molecular weight excluding hydrogens is 224 g/mol. The normalized spacial score (nSPS) is 21.9. The summed E-state index contributed by atoms with van der Waals surface area (Å²) in [6.07, 6.45) is 2.18. The van der Waals surface area contributed by atoms with E-state index in [9.17, 15) is 14.4 Å². The Morgan fingerprint density at radius 2 is 1.76 bits per heavy atom. The molecule has 0 spiro atoms. The van der Waals surface area contributed by atoms with Crippen molar-refractivity contribution in [2.45, 2.75) is 33.1 Å². The van der Waals surface area contributed by atoms with Gasteiger partial charge in [0.1, 0.15) is 6.29 Å². The Hall–Kier alpha value is -1.39. The molecule has 5 nitrogen and oxygen atoms in total. The van der Waals surface area contributed by atoms with Gasteiger partial charge in [0.15, 0.2) is 5.41 Å². The number of hydrogen-bond donors (Lipinski definition) is 0. The van der Waals surface area contributed by atoms with E-state index in [0.29, 0.717) is 25.5 Å². The molecule has 5 heteroatoms. The summed E-state index contributed by atoms with van der Waals surface area (Å²) in [4.78, 5) is 35.0. The highest BCUT2D eigenvalue weighted by Gasteiger charge is 2.57. The Balaban J connectivity index is 3.03. The first kappa shape index (κ1) is 13.7. The molecule has 0 saturated heterocycles. The summed E-state index contributed by atoms with van der Waals surface area (Å²) < 4.78 is 9.86. The van der Waals surface area contributed by atoms with E-state index in [0.717, 1.165) is 0 Å². The maximum atomic E-state index is 12.0. The van der Waals surface area contributed by atoms with Gasteiger partial charge in [0.25, 0.3) is 0 Å². The zero-order valence-electron chi connectivity index (χ0n) is 10.2. The van der Waals surface area contributed by atoms with Crippen molar-refractivity contribution in [1.29, 1.82) is 0 Å². The number of ether oxygens (including phenoxy) is 2. The lowest BCUT2D eigenvalue weighted by molar-refractivity contribution is -0.175. The summed E-state index contributed by atoms with van der Waals surface area (Å²) in [5.74, 6) is -1.89. The third kappa shape index (κ3) is 2.33. The Morgan fingerprint density at radius 1 is 1.24 bits per heavy atom. The van der Waals surface area contributed by atoms with Crippen molar-refractivity contribution < 1.29 is 23.9 Å². The molecule has 0 amide bonds. The van der Waals surface area contributed by atoms with Crippen LogP contribution in [0.25, 0.3) is 0 Å². The summed E-state index contributed by atoms with van der Waals surface area (Å²) in [6.45, 7) is 3.71. The number of aldehydes is 1. The van der Waals surface area contributed by atoms with Gasteiger partial charge < -0.3 is 14.3 Å². The molecule has 0 aliphatic heterocycles. The molecule has 0 bridgehead atoms. The van der Waals surface area contributed by atoms with E-state index in [1.54, 1.807) is 13.8 Å². The molecule has 0 unspecified atom stereocenters. The van der Waals surface area contributed by atoms with E-state index < -0.39 is 23.3 Å². The van der Waals surface area contributed by atoms with Crippen LogP contribution in [0, 0.1) is 11.3 Å². The third-order valence-electron chi connectivity index (χ3n) is 3.16. The first-order chi connectivity index (χ1) is 8.13. The van der Waals surface area contributed by atoms with Crippen LogP contribution in [-0.4, -0.2) is 31.4 Å². The highest BCUT2D eigenvalue weighted by molar-refractivity contribution is 6.03. The van der Waals surface area contributed by atoms with E-state index in [1.807, 2.05) is 0 Å². The first-order valence-corrected chi connectivity index (χ1v) is 5.93. The molecule has 1 aliphatic carbocycles. The highest BCUT2D eigenvalue weighted by atomic mass is 16.6. The molecule has 1 saturated carbocycles. The quantitative estimate of drug-likeness (QED) is 0.410. The topological polar surface area (TPSA) is 69.7 Å².